The highest BCUT2D eigenvalue weighted by Crippen LogP contribution is 2.29. The summed E-state index contributed by atoms with van der Waals surface area (Å²) in [6.07, 6.45) is 15.2. The molecule has 2 heterocycles. The molecule has 0 aliphatic heterocycles. The molecule has 0 amide bonds. The first-order chi connectivity index (χ1) is 12.7. The summed E-state index contributed by atoms with van der Waals surface area (Å²) in [6.45, 7) is 1.75. The standard InChI is InChI=1S/C22H26N4/c1-26(2)13-12-25-22-20(14-18-6-4-10-23-16-18)8-3-9-21(22)15-19-7-5-11-24-17-19/h4-7,10-11,14-17H,3,8-9,12-13H2,1-2H3/b20-14+,21-15+. The van der Waals surface area contributed by atoms with E-state index >= 15 is 0 Å². The van der Waals surface area contributed by atoms with Gasteiger partial charge in [-0.3, -0.25) is 15.0 Å². The van der Waals surface area contributed by atoms with Crippen LogP contribution in [0.2, 0.25) is 0 Å². The lowest BCUT2D eigenvalue weighted by Gasteiger charge is -2.21. The van der Waals surface area contributed by atoms with Crippen LogP contribution >= 0.6 is 0 Å². The van der Waals surface area contributed by atoms with Gasteiger partial charge in [-0.15, -0.1) is 0 Å². The van der Waals surface area contributed by atoms with Crippen LogP contribution in [0.25, 0.3) is 12.2 Å². The zero-order valence-corrected chi connectivity index (χ0v) is 15.6. The molecule has 1 aliphatic carbocycles. The molecule has 0 atom stereocenters. The predicted molar refractivity (Wildman–Crippen MR) is 109 cm³/mol. The number of nitrogens with zero attached hydrogens (tertiary/aromatic N) is 4. The molecule has 4 heteroatoms. The lowest BCUT2D eigenvalue weighted by Crippen LogP contribution is -2.19. The SMILES string of the molecule is CN(C)CCN=C1/C(=C/c2cccnc2)CCC/C1=C\c1cccnc1. The molecular weight excluding hydrogens is 320 g/mol. The summed E-state index contributed by atoms with van der Waals surface area (Å²) >= 11 is 0. The van der Waals surface area contributed by atoms with Crippen LogP contribution in [0.4, 0.5) is 0 Å². The number of aromatic nitrogens is 2. The van der Waals surface area contributed by atoms with Crippen LogP contribution in [-0.4, -0.2) is 47.8 Å². The highest BCUT2D eigenvalue weighted by Gasteiger charge is 2.18. The first-order valence-electron chi connectivity index (χ1n) is 9.13. The molecule has 1 saturated carbocycles. The van der Waals surface area contributed by atoms with E-state index in [1.165, 1.54) is 11.1 Å². The van der Waals surface area contributed by atoms with E-state index in [0.29, 0.717) is 0 Å². The Morgan fingerprint density at radius 1 is 0.962 bits per heavy atom. The van der Waals surface area contributed by atoms with Crippen molar-refractivity contribution in [3.8, 4) is 0 Å². The summed E-state index contributed by atoms with van der Waals surface area (Å²) < 4.78 is 0. The molecule has 26 heavy (non-hydrogen) atoms. The van der Waals surface area contributed by atoms with E-state index < -0.39 is 0 Å². The van der Waals surface area contributed by atoms with Crippen molar-refractivity contribution in [2.24, 2.45) is 4.99 Å². The van der Waals surface area contributed by atoms with Crippen LogP contribution in [0, 0.1) is 0 Å². The zero-order chi connectivity index (χ0) is 18.2. The molecule has 0 bridgehead atoms. The average molecular weight is 346 g/mol. The van der Waals surface area contributed by atoms with Crippen LogP contribution in [0.1, 0.15) is 30.4 Å². The van der Waals surface area contributed by atoms with Crippen molar-refractivity contribution in [3.05, 3.63) is 71.3 Å². The molecule has 0 aromatic carbocycles. The van der Waals surface area contributed by atoms with Crippen LogP contribution in [0.15, 0.2) is 65.2 Å². The second-order valence-corrected chi connectivity index (χ2v) is 6.80. The highest BCUT2D eigenvalue weighted by atomic mass is 15.1. The minimum atomic E-state index is 0.803. The third-order valence-electron chi connectivity index (χ3n) is 4.37. The van der Waals surface area contributed by atoms with Crippen LogP contribution < -0.4 is 0 Å². The molecule has 4 nitrogen and oxygen atoms in total. The Hall–Kier alpha value is -2.59. The summed E-state index contributed by atoms with van der Waals surface area (Å²) in [6, 6.07) is 8.14. The quantitative estimate of drug-likeness (QED) is 0.817. The van der Waals surface area contributed by atoms with Gasteiger partial charge in [-0.05, 0) is 79.9 Å². The molecular formula is C22H26N4. The van der Waals surface area contributed by atoms with Gasteiger partial charge in [0.25, 0.3) is 0 Å². The topological polar surface area (TPSA) is 41.4 Å². The van der Waals surface area contributed by atoms with Gasteiger partial charge in [-0.25, -0.2) is 0 Å². The summed E-state index contributed by atoms with van der Waals surface area (Å²) in [7, 11) is 4.17. The molecule has 0 spiro atoms. The first kappa shape index (κ1) is 18.2. The van der Waals surface area contributed by atoms with Crippen molar-refractivity contribution in [2.45, 2.75) is 19.3 Å². The lowest BCUT2D eigenvalue weighted by atomic mass is 9.86. The van der Waals surface area contributed by atoms with Crippen molar-refractivity contribution in [1.29, 1.82) is 0 Å². The van der Waals surface area contributed by atoms with Gasteiger partial charge in [-0.1, -0.05) is 12.1 Å². The Balaban J connectivity index is 1.95. The molecule has 1 fully saturated rings. The Labute approximate surface area is 156 Å². The van der Waals surface area contributed by atoms with Gasteiger partial charge in [0.2, 0.25) is 0 Å². The molecule has 0 N–H and O–H groups in total. The van der Waals surface area contributed by atoms with Gasteiger partial charge in [0.1, 0.15) is 0 Å². The maximum absolute atomic E-state index is 4.98. The van der Waals surface area contributed by atoms with Gasteiger partial charge < -0.3 is 4.90 Å². The second-order valence-electron chi connectivity index (χ2n) is 6.80. The number of aliphatic imine (C=N–C) groups is 1. The van der Waals surface area contributed by atoms with E-state index in [1.807, 2.05) is 36.9 Å². The van der Waals surface area contributed by atoms with Gasteiger partial charge in [-0.2, -0.15) is 0 Å². The normalized spacial score (nSPS) is 17.9. The first-order valence-corrected chi connectivity index (χ1v) is 9.13. The van der Waals surface area contributed by atoms with Crippen LogP contribution in [0.5, 0.6) is 0 Å². The third-order valence-corrected chi connectivity index (χ3v) is 4.37. The van der Waals surface area contributed by atoms with Crippen molar-refractivity contribution in [1.82, 2.24) is 14.9 Å². The molecule has 134 valence electrons. The van der Waals surface area contributed by atoms with E-state index in [4.69, 9.17) is 4.99 Å². The molecule has 0 saturated heterocycles. The summed E-state index contributed by atoms with van der Waals surface area (Å²) in [5, 5.41) is 0. The van der Waals surface area contributed by atoms with E-state index in [2.05, 4.69) is 53.2 Å². The fourth-order valence-electron chi connectivity index (χ4n) is 3.08. The Bertz CT molecular complexity index is 730. The average Bonchev–Trinajstić information content (AvgIpc) is 2.65. The molecule has 0 radical (unpaired) electrons. The maximum atomic E-state index is 4.98. The number of pyridine rings is 2. The van der Waals surface area contributed by atoms with Gasteiger partial charge in [0, 0.05) is 31.3 Å². The monoisotopic (exact) mass is 346 g/mol. The van der Waals surface area contributed by atoms with E-state index in [1.54, 1.807) is 0 Å². The zero-order valence-electron chi connectivity index (χ0n) is 15.6. The largest absolute Gasteiger partial charge is 0.308 e. The number of allylic oxidation sites excluding steroid dienone is 2. The highest BCUT2D eigenvalue weighted by molar-refractivity contribution is 6.17. The van der Waals surface area contributed by atoms with Gasteiger partial charge >= 0.3 is 0 Å². The minimum absolute atomic E-state index is 0.803. The van der Waals surface area contributed by atoms with Gasteiger partial charge in [0.15, 0.2) is 0 Å². The molecule has 2 aromatic heterocycles. The maximum Gasteiger partial charge on any atom is 0.0639 e. The number of hydrogen-bond donors (Lipinski definition) is 0. The molecule has 2 aromatic rings. The number of likely N-dealkylation sites (N-methyl/N-ethyl adjacent to an activating group) is 1. The Kier molecular flexibility index (Phi) is 6.45. The minimum Gasteiger partial charge on any atom is -0.308 e. The van der Waals surface area contributed by atoms with Crippen molar-refractivity contribution in [2.75, 3.05) is 27.2 Å². The lowest BCUT2D eigenvalue weighted by molar-refractivity contribution is 0.420. The van der Waals surface area contributed by atoms with E-state index in [-0.39, 0.29) is 0 Å². The van der Waals surface area contributed by atoms with Crippen molar-refractivity contribution < 1.29 is 0 Å². The van der Waals surface area contributed by atoms with Crippen molar-refractivity contribution >= 4 is 17.9 Å². The third kappa shape index (κ3) is 5.20. The fourth-order valence-corrected chi connectivity index (χ4v) is 3.08. The van der Waals surface area contributed by atoms with Crippen LogP contribution in [0.3, 0.4) is 0 Å². The summed E-state index contributed by atoms with van der Waals surface area (Å²) in [4.78, 5) is 15.6. The second kappa shape index (κ2) is 9.20. The van der Waals surface area contributed by atoms with Crippen LogP contribution in [-0.2, 0) is 0 Å². The predicted octanol–water partition coefficient (Wildman–Crippen LogP) is 4.13. The number of rotatable bonds is 5. The summed E-state index contributed by atoms with van der Waals surface area (Å²) in [5.41, 5.74) is 6.01. The van der Waals surface area contributed by atoms with Gasteiger partial charge in [0.05, 0.1) is 12.3 Å². The van der Waals surface area contributed by atoms with Crippen molar-refractivity contribution in [3.63, 3.8) is 0 Å². The molecule has 0 unspecified atom stereocenters. The Morgan fingerprint density at radius 2 is 1.54 bits per heavy atom. The summed E-state index contributed by atoms with van der Waals surface area (Å²) in [5.74, 6) is 0. The number of hydrogen-bond acceptors (Lipinski definition) is 4. The smallest absolute Gasteiger partial charge is 0.0639 e. The fraction of sp³-hybridized carbons (Fsp3) is 0.318. The van der Waals surface area contributed by atoms with E-state index in [9.17, 15) is 0 Å². The van der Waals surface area contributed by atoms with E-state index in [0.717, 1.165) is 49.2 Å². The Morgan fingerprint density at radius 3 is 2.00 bits per heavy atom. The molecule has 1 aliphatic rings. The molecule has 3 rings (SSSR count).